The van der Waals surface area contributed by atoms with E-state index in [-0.39, 0.29) is 4.90 Å². The molecule has 140 valence electrons. The lowest BCUT2D eigenvalue weighted by Crippen LogP contribution is -2.42. The number of benzene rings is 2. The van der Waals surface area contributed by atoms with Gasteiger partial charge in [-0.1, -0.05) is 0 Å². The number of rotatable bonds is 4. The largest absolute Gasteiger partial charge is 0.446 e. The highest BCUT2D eigenvalue weighted by molar-refractivity contribution is 7.92. The van der Waals surface area contributed by atoms with E-state index in [1.807, 2.05) is 6.07 Å². The maximum absolute atomic E-state index is 12.5. The Bertz CT molecular complexity index is 1290. The Balaban J connectivity index is 1.56. The second-order valence-electron chi connectivity index (χ2n) is 6.04. The highest BCUT2D eigenvalue weighted by atomic mass is 32.2. The van der Waals surface area contributed by atoms with Gasteiger partial charge in [0.15, 0.2) is 0 Å². The third kappa shape index (κ3) is 3.17. The van der Waals surface area contributed by atoms with Gasteiger partial charge < -0.3 is 15.1 Å². The average Bonchev–Trinajstić information content (AvgIpc) is 3.19. The van der Waals surface area contributed by atoms with Gasteiger partial charge in [-0.05, 0) is 54.6 Å². The second kappa shape index (κ2) is 6.75. The first kappa shape index (κ1) is 17.6. The van der Waals surface area contributed by atoms with Gasteiger partial charge in [0.2, 0.25) is 5.55 Å². The zero-order valence-electron chi connectivity index (χ0n) is 14.5. The summed E-state index contributed by atoms with van der Waals surface area (Å²) in [6.07, 6.45) is 1.53. The number of nitriles is 1. The summed E-state index contributed by atoms with van der Waals surface area (Å²) in [5.41, 5.74) is 8.27. The fourth-order valence-corrected chi connectivity index (χ4v) is 3.89. The van der Waals surface area contributed by atoms with Crippen molar-refractivity contribution in [2.45, 2.75) is 4.90 Å². The minimum atomic E-state index is -3.75. The first-order valence-corrected chi connectivity index (χ1v) is 9.74. The molecule has 3 N–H and O–H groups in total. The van der Waals surface area contributed by atoms with Gasteiger partial charge in [-0.15, -0.1) is 0 Å². The first-order chi connectivity index (χ1) is 13.5. The van der Waals surface area contributed by atoms with Crippen molar-refractivity contribution in [3.05, 3.63) is 77.2 Å². The van der Waals surface area contributed by atoms with Crippen molar-refractivity contribution < 1.29 is 12.8 Å². The Morgan fingerprint density at radius 1 is 1.11 bits per heavy atom. The number of anilines is 2. The van der Waals surface area contributed by atoms with E-state index in [4.69, 9.17) is 15.4 Å². The number of hydrogen-bond donors (Lipinski definition) is 2. The predicted molar refractivity (Wildman–Crippen MR) is 103 cm³/mol. The van der Waals surface area contributed by atoms with Crippen LogP contribution in [-0.2, 0) is 10.0 Å². The third-order valence-corrected chi connectivity index (χ3v) is 5.69. The molecule has 1 aliphatic heterocycles. The highest BCUT2D eigenvalue weighted by Gasteiger charge is 2.17. The van der Waals surface area contributed by atoms with Crippen LogP contribution in [0.4, 0.5) is 11.4 Å². The summed E-state index contributed by atoms with van der Waals surface area (Å²) >= 11 is 0. The molecule has 8 nitrogen and oxygen atoms in total. The Labute approximate surface area is 160 Å². The van der Waals surface area contributed by atoms with Gasteiger partial charge in [-0.2, -0.15) is 5.26 Å². The van der Waals surface area contributed by atoms with Crippen LogP contribution in [0.5, 0.6) is 0 Å². The van der Waals surface area contributed by atoms with Crippen molar-refractivity contribution in [2.75, 3.05) is 16.3 Å². The Hall–Kier alpha value is -3.77. The summed E-state index contributed by atoms with van der Waals surface area (Å²) < 4.78 is 32.8. The molecule has 2 aromatic carbocycles. The predicted octanol–water partition coefficient (Wildman–Crippen LogP) is 1.07. The van der Waals surface area contributed by atoms with Gasteiger partial charge >= 0.3 is 0 Å². The maximum atomic E-state index is 12.5. The van der Waals surface area contributed by atoms with Gasteiger partial charge in [-0.25, -0.2) is 13.4 Å². The molecule has 2 heterocycles. The molecule has 4 rings (SSSR count). The normalized spacial score (nSPS) is 13.4. The van der Waals surface area contributed by atoms with Crippen LogP contribution >= 0.6 is 0 Å². The van der Waals surface area contributed by atoms with Crippen LogP contribution in [0.15, 0.2) is 75.2 Å². The number of nitrogens with one attached hydrogen (secondary N) is 1. The lowest BCUT2D eigenvalue weighted by atomic mass is 10.2. The molecular formula is C19H15N5O3S. The summed E-state index contributed by atoms with van der Waals surface area (Å²) in [5.74, 6) is 0.518. The molecule has 0 atom stereocenters. The molecule has 0 fully saturated rings. The van der Waals surface area contributed by atoms with Crippen molar-refractivity contribution in [3.8, 4) is 6.07 Å². The average molecular weight is 393 g/mol. The fraction of sp³-hybridized carbons (Fsp3) is 0.0526. The van der Waals surface area contributed by atoms with E-state index in [1.165, 1.54) is 30.5 Å². The van der Waals surface area contributed by atoms with Gasteiger partial charge in [0.1, 0.15) is 12.5 Å². The summed E-state index contributed by atoms with van der Waals surface area (Å²) in [6, 6.07) is 16.2. The van der Waals surface area contributed by atoms with Crippen LogP contribution in [0, 0.1) is 11.3 Å². The van der Waals surface area contributed by atoms with E-state index in [0.29, 0.717) is 29.3 Å². The zero-order valence-corrected chi connectivity index (χ0v) is 15.3. The van der Waals surface area contributed by atoms with Crippen LogP contribution in [-0.4, -0.2) is 15.1 Å². The van der Waals surface area contributed by atoms with Crippen LogP contribution < -0.4 is 26.1 Å². The molecule has 0 saturated heterocycles. The van der Waals surface area contributed by atoms with Crippen molar-refractivity contribution in [1.82, 2.24) is 0 Å². The van der Waals surface area contributed by atoms with E-state index < -0.39 is 10.0 Å². The minimum Gasteiger partial charge on any atom is -0.446 e. The molecule has 1 aliphatic rings. The number of nitrogens with zero attached hydrogens (tertiary/aromatic N) is 3. The second-order valence-corrected chi connectivity index (χ2v) is 7.72. The van der Waals surface area contributed by atoms with E-state index in [0.717, 1.165) is 10.9 Å². The van der Waals surface area contributed by atoms with E-state index in [9.17, 15) is 8.42 Å². The lowest BCUT2D eigenvalue weighted by Gasteiger charge is -2.24. The third-order valence-electron chi connectivity index (χ3n) is 4.29. The molecule has 0 unspecified atom stereocenters. The van der Waals surface area contributed by atoms with E-state index >= 15 is 0 Å². The van der Waals surface area contributed by atoms with Crippen molar-refractivity contribution >= 4 is 27.2 Å². The molecule has 3 aromatic rings. The standard InChI is InChI=1S/C19H15N5O3S/c20-11-13-1-7-16(8-2-13)28(25,26)23-14-3-5-15(6-4-14)24-12-22-19-17(18(24)21)9-10-27-19/h1-10,23H,12,21H2. The fourth-order valence-electron chi connectivity index (χ4n) is 2.83. The summed E-state index contributed by atoms with van der Waals surface area (Å²) in [5, 5.41) is 9.54. The topological polar surface area (TPSA) is 125 Å². The molecule has 0 saturated carbocycles. The first-order valence-electron chi connectivity index (χ1n) is 8.26. The number of fused-ring (bicyclic) bond motifs is 1. The Morgan fingerprint density at radius 2 is 1.82 bits per heavy atom. The lowest BCUT2D eigenvalue weighted by molar-refractivity contribution is 0.500. The van der Waals surface area contributed by atoms with E-state index in [2.05, 4.69) is 9.71 Å². The maximum Gasteiger partial charge on any atom is 0.261 e. The van der Waals surface area contributed by atoms with Crippen LogP contribution in [0.25, 0.3) is 5.82 Å². The molecule has 0 aliphatic carbocycles. The quantitative estimate of drug-likeness (QED) is 0.683. The Kier molecular flexibility index (Phi) is 4.25. The monoisotopic (exact) mass is 393 g/mol. The number of hydrogen-bond acceptors (Lipinski definition) is 7. The van der Waals surface area contributed by atoms with E-state index in [1.54, 1.807) is 35.2 Å². The minimum absolute atomic E-state index is 0.0791. The summed E-state index contributed by atoms with van der Waals surface area (Å²) in [7, 11) is -3.75. The van der Waals surface area contributed by atoms with Crippen molar-refractivity contribution in [1.29, 1.82) is 5.26 Å². The molecule has 9 heteroatoms. The highest BCUT2D eigenvalue weighted by Crippen LogP contribution is 2.23. The zero-order chi connectivity index (χ0) is 19.7. The smallest absolute Gasteiger partial charge is 0.261 e. The van der Waals surface area contributed by atoms with Crippen LogP contribution in [0.2, 0.25) is 0 Å². The summed E-state index contributed by atoms with van der Waals surface area (Å²) in [4.78, 5) is 6.20. The molecule has 28 heavy (non-hydrogen) atoms. The van der Waals surface area contributed by atoms with Crippen molar-refractivity contribution in [3.63, 3.8) is 0 Å². The van der Waals surface area contributed by atoms with Crippen LogP contribution in [0.3, 0.4) is 0 Å². The molecular weight excluding hydrogens is 378 g/mol. The summed E-state index contributed by atoms with van der Waals surface area (Å²) in [6.45, 7) is 0.308. The van der Waals surface area contributed by atoms with Gasteiger partial charge in [0.25, 0.3) is 10.0 Å². The SMILES string of the molecule is N#Cc1ccc(S(=O)(=O)Nc2ccc(N3CN=c4occc4=C3N)cc2)cc1. The van der Waals surface area contributed by atoms with Crippen LogP contribution in [0.1, 0.15) is 5.56 Å². The molecule has 0 radical (unpaired) electrons. The van der Waals surface area contributed by atoms with Crippen molar-refractivity contribution in [2.24, 2.45) is 10.7 Å². The Morgan fingerprint density at radius 3 is 2.50 bits per heavy atom. The molecule has 0 amide bonds. The number of furan rings is 1. The molecule has 1 aromatic heterocycles. The molecule has 0 spiro atoms. The number of nitrogens with two attached hydrogens (primary N) is 1. The van der Waals surface area contributed by atoms with Gasteiger partial charge in [-0.3, -0.25) is 4.72 Å². The van der Waals surface area contributed by atoms with Gasteiger partial charge in [0.05, 0.1) is 28.0 Å². The molecule has 0 bridgehead atoms. The number of sulfonamides is 1. The van der Waals surface area contributed by atoms with Gasteiger partial charge in [0, 0.05) is 11.4 Å².